The van der Waals surface area contributed by atoms with Gasteiger partial charge in [0.15, 0.2) is 6.61 Å². The van der Waals surface area contributed by atoms with Crippen LogP contribution in [0.2, 0.25) is 0 Å². The first-order valence-electron chi connectivity index (χ1n) is 7.25. The Morgan fingerprint density at radius 2 is 1.87 bits per heavy atom. The Morgan fingerprint density at radius 1 is 1.13 bits per heavy atom. The van der Waals surface area contributed by atoms with Crippen LogP contribution in [0.1, 0.15) is 16.7 Å². The smallest absolute Gasteiger partial charge is 0.277 e. The highest BCUT2D eigenvalue weighted by Crippen LogP contribution is 2.20. The van der Waals surface area contributed by atoms with Crippen molar-refractivity contribution in [2.75, 3.05) is 13.7 Å². The van der Waals surface area contributed by atoms with Gasteiger partial charge in [-0.05, 0) is 43.2 Å². The summed E-state index contributed by atoms with van der Waals surface area (Å²) in [6, 6.07) is 13.2. The highest BCUT2D eigenvalue weighted by Gasteiger charge is 2.05. The first-order valence-corrected chi connectivity index (χ1v) is 7.25. The molecule has 0 heterocycles. The van der Waals surface area contributed by atoms with Gasteiger partial charge in [0.2, 0.25) is 0 Å². The number of aryl methyl sites for hydroxylation is 1. The second-order valence-corrected chi connectivity index (χ2v) is 5.02. The van der Waals surface area contributed by atoms with E-state index in [0.717, 1.165) is 16.7 Å². The summed E-state index contributed by atoms with van der Waals surface area (Å²) < 4.78 is 10.7. The number of methoxy groups -OCH3 is 1. The molecule has 23 heavy (non-hydrogen) atoms. The average Bonchev–Trinajstić information content (AvgIpc) is 2.56. The normalized spacial score (nSPS) is 10.6. The first kappa shape index (κ1) is 16.5. The maximum atomic E-state index is 11.8. The quantitative estimate of drug-likeness (QED) is 0.659. The summed E-state index contributed by atoms with van der Waals surface area (Å²) in [7, 11) is 1.59. The van der Waals surface area contributed by atoms with Crippen molar-refractivity contribution in [1.29, 1.82) is 0 Å². The molecule has 0 saturated heterocycles. The molecule has 5 nitrogen and oxygen atoms in total. The molecule has 0 aliphatic carbocycles. The third-order valence-corrected chi connectivity index (χ3v) is 3.45. The molecular weight excluding hydrogens is 292 g/mol. The number of rotatable bonds is 6. The minimum atomic E-state index is -0.322. The molecule has 0 aliphatic rings. The van der Waals surface area contributed by atoms with E-state index in [1.54, 1.807) is 7.11 Å². The van der Waals surface area contributed by atoms with Crippen LogP contribution in [-0.2, 0) is 4.79 Å². The number of benzene rings is 2. The Labute approximate surface area is 135 Å². The summed E-state index contributed by atoms with van der Waals surface area (Å²) in [5, 5.41) is 3.92. The summed E-state index contributed by atoms with van der Waals surface area (Å²) in [6.45, 7) is 3.87. The van der Waals surface area contributed by atoms with E-state index in [0.29, 0.717) is 11.5 Å². The largest absolute Gasteiger partial charge is 0.496 e. The molecule has 0 aliphatic heterocycles. The lowest BCUT2D eigenvalue weighted by molar-refractivity contribution is -0.123. The van der Waals surface area contributed by atoms with Crippen LogP contribution < -0.4 is 14.9 Å². The minimum absolute atomic E-state index is 0.0897. The molecular formula is C18H20N2O3. The lowest BCUT2D eigenvalue weighted by Crippen LogP contribution is -2.24. The maximum absolute atomic E-state index is 11.8. The second-order valence-electron chi connectivity index (χ2n) is 5.02. The van der Waals surface area contributed by atoms with Crippen LogP contribution in [-0.4, -0.2) is 25.8 Å². The number of hydrogen-bond acceptors (Lipinski definition) is 4. The van der Waals surface area contributed by atoms with Crippen LogP contribution in [0.25, 0.3) is 0 Å². The maximum Gasteiger partial charge on any atom is 0.277 e. The number of hydrogen-bond donors (Lipinski definition) is 1. The van der Waals surface area contributed by atoms with E-state index in [1.807, 2.05) is 56.3 Å². The Hall–Kier alpha value is -2.82. The fourth-order valence-corrected chi connectivity index (χ4v) is 2.00. The van der Waals surface area contributed by atoms with Crippen LogP contribution in [0.3, 0.4) is 0 Å². The molecule has 120 valence electrons. The fraction of sp³-hybridized carbons (Fsp3) is 0.222. The molecule has 0 bridgehead atoms. The summed E-state index contributed by atoms with van der Waals surface area (Å²) in [4.78, 5) is 11.8. The summed E-state index contributed by atoms with van der Waals surface area (Å²) in [6.07, 6.45) is 1.54. The van der Waals surface area contributed by atoms with Crippen molar-refractivity contribution in [2.24, 2.45) is 5.10 Å². The lowest BCUT2D eigenvalue weighted by Gasteiger charge is -2.09. The molecule has 2 aromatic rings. The molecule has 2 rings (SSSR count). The monoisotopic (exact) mass is 312 g/mol. The molecule has 0 radical (unpaired) electrons. The molecule has 1 amide bonds. The van der Waals surface area contributed by atoms with Gasteiger partial charge < -0.3 is 9.47 Å². The van der Waals surface area contributed by atoms with Gasteiger partial charge in [-0.25, -0.2) is 5.43 Å². The Bertz CT molecular complexity index is 711. The van der Waals surface area contributed by atoms with Crippen molar-refractivity contribution in [3.8, 4) is 11.5 Å². The van der Waals surface area contributed by atoms with Crippen LogP contribution >= 0.6 is 0 Å². The number of amides is 1. The van der Waals surface area contributed by atoms with E-state index in [9.17, 15) is 4.79 Å². The number of ether oxygens (including phenoxy) is 2. The third kappa shape index (κ3) is 4.57. The molecule has 0 atom stereocenters. The van der Waals surface area contributed by atoms with Gasteiger partial charge in [0.25, 0.3) is 5.91 Å². The molecule has 0 aromatic heterocycles. The van der Waals surface area contributed by atoms with Crippen molar-refractivity contribution >= 4 is 12.1 Å². The molecule has 0 spiro atoms. The van der Waals surface area contributed by atoms with Crippen molar-refractivity contribution in [1.82, 2.24) is 5.43 Å². The van der Waals surface area contributed by atoms with Gasteiger partial charge in [-0.1, -0.05) is 24.3 Å². The summed E-state index contributed by atoms with van der Waals surface area (Å²) in [5.41, 5.74) is 5.37. The molecule has 0 fully saturated rings. The van der Waals surface area contributed by atoms with Crippen LogP contribution in [0.4, 0.5) is 0 Å². The first-order chi connectivity index (χ1) is 11.1. The molecule has 0 saturated carbocycles. The third-order valence-electron chi connectivity index (χ3n) is 3.45. The lowest BCUT2D eigenvalue weighted by atomic mass is 10.1. The van der Waals surface area contributed by atoms with Gasteiger partial charge in [0, 0.05) is 5.56 Å². The number of carbonyl (C=O) groups is 1. The van der Waals surface area contributed by atoms with E-state index >= 15 is 0 Å². The number of nitrogens with one attached hydrogen (secondary N) is 1. The Morgan fingerprint density at radius 3 is 2.65 bits per heavy atom. The highest BCUT2D eigenvalue weighted by molar-refractivity contribution is 5.85. The Balaban J connectivity index is 1.88. The van der Waals surface area contributed by atoms with Gasteiger partial charge in [0.05, 0.1) is 13.3 Å². The number of para-hydroxylation sites is 1. The summed E-state index contributed by atoms with van der Waals surface area (Å²) in [5.74, 6) is 1.07. The van der Waals surface area contributed by atoms with E-state index in [2.05, 4.69) is 10.5 Å². The molecule has 5 heteroatoms. The topological polar surface area (TPSA) is 59.9 Å². The van der Waals surface area contributed by atoms with Gasteiger partial charge >= 0.3 is 0 Å². The zero-order chi connectivity index (χ0) is 16.7. The number of hydrazone groups is 1. The highest BCUT2D eigenvalue weighted by atomic mass is 16.5. The van der Waals surface area contributed by atoms with Gasteiger partial charge in [-0.15, -0.1) is 0 Å². The second kappa shape index (κ2) is 7.98. The van der Waals surface area contributed by atoms with Crippen molar-refractivity contribution < 1.29 is 14.3 Å². The van der Waals surface area contributed by atoms with Crippen LogP contribution in [0.15, 0.2) is 47.6 Å². The van der Waals surface area contributed by atoms with E-state index in [-0.39, 0.29) is 12.5 Å². The molecule has 0 unspecified atom stereocenters. The number of carbonyl (C=O) groups excluding carboxylic acids is 1. The molecule has 1 N–H and O–H groups in total. The van der Waals surface area contributed by atoms with E-state index in [4.69, 9.17) is 9.47 Å². The fourth-order valence-electron chi connectivity index (χ4n) is 2.00. The SMILES string of the molecule is COc1ccccc1/C=N/NC(=O)COc1cccc(C)c1C. The standard InChI is InChI=1S/C18H20N2O3/c1-13-7-6-10-16(14(13)2)23-12-18(21)20-19-11-15-8-4-5-9-17(15)22-3/h4-11H,12H2,1-3H3,(H,20,21)/b19-11+. The number of nitrogens with zero attached hydrogens (tertiary/aromatic N) is 1. The van der Waals surface area contributed by atoms with Crippen molar-refractivity contribution in [3.05, 3.63) is 59.2 Å². The van der Waals surface area contributed by atoms with Crippen LogP contribution in [0, 0.1) is 13.8 Å². The van der Waals surface area contributed by atoms with E-state index in [1.165, 1.54) is 6.21 Å². The van der Waals surface area contributed by atoms with Crippen LogP contribution in [0.5, 0.6) is 11.5 Å². The van der Waals surface area contributed by atoms with Crippen molar-refractivity contribution in [2.45, 2.75) is 13.8 Å². The molecule has 2 aromatic carbocycles. The predicted octanol–water partition coefficient (Wildman–Crippen LogP) is 2.84. The average molecular weight is 312 g/mol. The zero-order valence-electron chi connectivity index (χ0n) is 13.5. The van der Waals surface area contributed by atoms with Gasteiger partial charge in [-0.2, -0.15) is 5.10 Å². The van der Waals surface area contributed by atoms with Gasteiger partial charge in [-0.3, -0.25) is 4.79 Å². The summed E-state index contributed by atoms with van der Waals surface area (Å²) >= 11 is 0. The van der Waals surface area contributed by atoms with Gasteiger partial charge in [0.1, 0.15) is 11.5 Å². The zero-order valence-corrected chi connectivity index (χ0v) is 13.5. The Kier molecular flexibility index (Phi) is 5.74. The minimum Gasteiger partial charge on any atom is -0.496 e. The van der Waals surface area contributed by atoms with E-state index < -0.39 is 0 Å². The predicted molar refractivity (Wildman–Crippen MR) is 90.1 cm³/mol. The van der Waals surface area contributed by atoms with Crippen molar-refractivity contribution in [3.63, 3.8) is 0 Å².